The maximum absolute atomic E-state index is 2.58. The second kappa shape index (κ2) is 8.03. The first kappa shape index (κ1) is 24.4. The van der Waals surface area contributed by atoms with E-state index < -0.39 is 0 Å². The molecule has 194 valence electrons. The molecule has 6 rings (SSSR count). The second-order valence-corrected chi connectivity index (χ2v) is 13.5. The van der Waals surface area contributed by atoms with Gasteiger partial charge in [0.15, 0.2) is 0 Å². The minimum absolute atomic E-state index is 0.150. The van der Waals surface area contributed by atoms with E-state index in [2.05, 4.69) is 126 Å². The first-order valence-electron chi connectivity index (χ1n) is 14.2. The van der Waals surface area contributed by atoms with Gasteiger partial charge in [0.05, 0.1) is 28.4 Å². The zero-order valence-corrected chi connectivity index (χ0v) is 24.2. The quantitative estimate of drug-likeness (QED) is 0.359. The van der Waals surface area contributed by atoms with Crippen molar-refractivity contribution in [3.05, 3.63) is 70.8 Å². The van der Waals surface area contributed by atoms with Crippen LogP contribution in [-0.4, -0.2) is 13.7 Å². The molecule has 0 amide bonds. The van der Waals surface area contributed by atoms with Gasteiger partial charge in [-0.05, 0) is 88.1 Å². The predicted molar refractivity (Wildman–Crippen MR) is 160 cm³/mol. The van der Waals surface area contributed by atoms with Crippen LogP contribution in [0.25, 0.3) is 0 Å². The predicted octanol–water partition coefficient (Wildman–Crippen LogP) is 9.61. The molecule has 0 saturated carbocycles. The van der Waals surface area contributed by atoms with Crippen molar-refractivity contribution in [1.29, 1.82) is 0 Å². The van der Waals surface area contributed by atoms with Gasteiger partial charge in [-0.3, -0.25) is 0 Å². The molecule has 2 aliphatic heterocycles. The topological polar surface area (TPSA) is 9.72 Å². The Bertz CT molecular complexity index is 1370. The lowest BCUT2D eigenvalue weighted by molar-refractivity contribution is 0.332. The van der Waals surface area contributed by atoms with E-state index in [9.17, 15) is 0 Å². The summed E-state index contributed by atoms with van der Waals surface area (Å²) in [7, 11) is 2.28. The zero-order chi connectivity index (χ0) is 26.4. The second-order valence-electron chi connectivity index (χ2n) is 13.5. The first-order valence-corrected chi connectivity index (χ1v) is 14.2. The lowest BCUT2D eigenvalue weighted by Crippen LogP contribution is -2.37. The lowest BCUT2D eigenvalue weighted by Gasteiger charge is -2.47. The van der Waals surface area contributed by atoms with Gasteiger partial charge < -0.3 is 14.7 Å². The van der Waals surface area contributed by atoms with Gasteiger partial charge in [-0.25, -0.2) is 0 Å². The van der Waals surface area contributed by atoms with E-state index in [0.29, 0.717) is 11.8 Å². The van der Waals surface area contributed by atoms with E-state index in [1.807, 2.05) is 0 Å². The summed E-state index contributed by atoms with van der Waals surface area (Å²) in [5.74, 6) is 1.00. The standard InChI is InChI=1S/C34H43N3/c1-21(2)23-17-24(22(3)4)19-25(18-23)36-20-37-29-14-13-26-30(34(7,8)16-15-33(26,5)6)32(29)35(9)27-11-10-12-28(36)31(27)37/h10-14,17-19,21-22H,15-16,20H2,1-9H3. The van der Waals surface area contributed by atoms with Gasteiger partial charge in [0.2, 0.25) is 0 Å². The van der Waals surface area contributed by atoms with Crippen molar-refractivity contribution in [2.24, 2.45) is 0 Å². The van der Waals surface area contributed by atoms with Gasteiger partial charge in [0.1, 0.15) is 6.67 Å². The maximum atomic E-state index is 2.58. The summed E-state index contributed by atoms with van der Waals surface area (Å²) in [4.78, 5) is 7.60. The van der Waals surface area contributed by atoms with E-state index in [4.69, 9.17) is 0 Å². The molecule has 0 spiro atoms. The Morgan fingerprint density at radius 3 is 1.92 bits per heavy atom. The van der Waals surface area contributed by atoms with Gasteiger partial charge in [0, 0.05) is 12.7 Å². The van der Waals surface area contributed by atoms with E-state index in [1.165, 1.54) is 63.7 Å². The fourth-order valence-corrected chi connectivity index (χ4v) is 6.86. The van der Waals surface area contributed by atoms with Crippen LogP contribution in [0, 0.1) is 0 Å². The maximum Gasteiger partial charge on any atom is 0.100 e. The number of fused-ring (bicyclic) bond motifs is 4. The third-order valence-corrected chi connectivity index (χ3v) is 9.37. The highest BCUT2D eigenvalue weighted by Crippen LogP contribution is 2.60. The van der Waals surface area contributed by atoms with Gasteiger partial charge in [-0.15, -0.1) is 0 Å². The normalized spacial score (nSPS) is 18.8. The van der Waals surface area contributed by atoms with Crippen molar-refractivity contribution in [1.82, 2.24) is 0 Å². The summed E-state index contributed by atoms with van der Waals surface area (Å²) in [6.45, 7) is 19.8. The number of anilines is 6. The molecule has 3 aromatic rings. The fourth-order valence-electron chi connectivity index (χ4n) is 6.86. The summed E-state index contributed by atoms with van der Waals surface area (Å²) in [6, 6.07) is 18.9. The summed E-state index contributed by atoms with van der Waals surface area (Å²) in [5.41, 5.74) is 14.3. The number of para-hydroxylation sites is 1. The molecule has 0 fully saturated rings. The number of hydrogen-bond donors (Lipinski definition) is 0. The molecule has 0 saturated heterocycles. The largest absolute Gasteiger partial charge is 0.341 e. The van der Waals surface area contributed by atoms with Crippen molar-refractivity contribution in [2.45, 2.75) is 90.9 Å². The monoisotopic (exact) mass is 493 g/mol. The van der Waals surface area contributed by atoms with Crippen molar-refractivity contribution in [2.75, 3.05) is 28.4 Å². The van der Waals surface area contributed by atoms with Crippen LogP contribution in [-0.2, 0) is 10.8 Å². The SMILES string of the molecule is CC(C)c1cc(C(C)C)cc(N2CN3c4ccc5c(c4N(C)c4cccc2c43)C(C)(C)CCC5(C)C)c1. The van der Waals surface area contributed by atoms with E-state index >= 15 is 0 Å². The molecule has 0 unspecified atom stereocenters. The highest BCUT2D eigenvalue weighted by molar-refractivity contribution is 6.04. The lowest BCUT2D eigenvalue weighted by atomic mass is 9.62. The van der Waals surface area contributed by atoms with Crippen LogP contribution >= 0.6 is 0 Å². The molecular weight excluding hydrogens is 450 g/mol. The van der Waals surface area contributed by atoms with Gasteiger partial charge in [-0.2, -0.15) is 0 Å². The molecule has 0 N–H and O–H groups in total. The molecule has 3 aromatic carbocycles. The Hall–Kier alpha value is -2.94. The molecule has 1 aliphatic carbocycles. The minimum Gasteiger partial charge on any atom is -0.341 e. The minimum atomic E-state index is 0.150. The Kier molecular flexibility index (Phi) is 5.29. The van der Waals surface area contributed by atoms with Crippen LogP contribution in [0.5, 0.6) is 0 Å². The van der Waals surface area contributed by atoms with E-state index in [-0.39, 0.29) is 10.8 Å². The average molecular weight is 494 g/mol. The number of hydrogen-bond acceptors (Lipinski definition) is 3. The Morgan fingerprint density at radius 1 is 0.676 bits per heavy atom. The molecule has 0 radical (unpaired) electrons. The number of nitrogens with zero attached hydrogens (tertiary/aromatic N) is 3. The smallest absolute Gasteiger partial charge is 0.100 e. The molecule has 3 heteroatoms. The third kappa shape index (κ3) is 3.53. The number of benzene rings is 3. The van der Waals surface area contributed by atoms with Gasteiger partial charge >= 0.3 is 0 Å². The van der Waals surface area contributed by atoms with Gasteiger partial charge in [-0.1, -0.05) is 73.6 Å². The van der Waals surface area contributed by atoms with Crippen molar-refractivity contribution < 1.29 is 0 Å². The number of rotatable bonds is 3. The van der Waals surface area contributed by atoms with Crippen LogP contribution in [0.3, 0.4) is 0 Å². The third-order valence-electron chi connectivity index (χ3n) is 9.37. The molecule has 37 heavy (non-hydrogen) atoms. The van der Waals surface area contributed by atoms with Crippen LogP contribution < -0.4 is 14.7 Å². The van der Waals surface area contributed by atoms with Crippen LogP contribution in [0.2, 0.25) is 0 Å². The molecule has 3 nitrogen and oxygen atoms in total. The fraction of sp³-hybridized carbons (Fsp3) is 0.471. The summed E-state index contributed by atoms with van der Waals surface area (Å²) in [6.07, 6.45) is 2.45. The zero-order valence-electron chi connectivity index (χ0n) is 24.2. The Labute approximate surface area is 224 Å². The van der Waals surface area contributed by atoms with E-state index in [0.717, 1.165) is 6.67 Å². The van der Waals surface area contributed by atoms with Crippen LogP contribution in [0.4, 0.5) is 34.1 Å². The van der Waals surface area contributed by atoms with E-state index in [1.54, 1.807) is 5.56 Å². The highest BCUT2D eigenvalue weighted by Gasteiger charge is 2.44. The van der Waals surface area contributed by atoms with Crippen LogP contribution in [0.15, 0.2) is 48.5 Å². The highest BCUT2D eigenvalue weighted by atomic mass is 15.4. The molecule has 3 aliphatic rings. The molecule has 2 heterocycles. The molecular formula is C34H43N3. The van der Waals surface area contributed by atoms with Crippen LogP contribution in [0.1, 0.15) is 102 Å². The Morgan fingerprint density at radius 2 is 1.27 bits per heavy atom. The van der Waals surface area contributed by atoms with Gasteiger partial charge in [0.25, 0.3) is 0 Å². The molecule has 0 bridgehead atoms. The molecule has 0 atom stereocenters. The summed E-state index contributed by atoms with van der Waals surface area (Å²) in [5, 5.41) is 0. The van der Waals surface area contributed by atoms with Crippen molar-refractivity contribution in [3.63, 3.8) is 0 Å². The van der Waals surface area contributed by atoms with Crippen molar-refractivity contribution >= 4 is 34.1 Å². The molecule has 0 aromatic heterocycles. The Balaban J connectivity index is 1.55. The summed E-state index contributed by atoms with van der Waals surface area (Å²) < 4.78 is 0. The average Bonchev–Trinajstić information content (AvgIpc) is 3.25. The first-order chi connectivity index (χ1) is 17.4. The summed E-state index contributed by atoms with van der Waals surface area (Å²) >= 11 is 0. The van der Waals surface area contributed by atoms with Crippen molar-refractivity contribution in [3.8, 4) is 0 Å².